The molecule has 0 bridgehead atoms. The monoisotopic (exact) mass is 363 g/mol. The molecule has 7 nitrogen and oxygen atoms in total. The number of para-hydroxylation sites is 1. The molecule has 2 aromatic carbocycles. The quantitative estimate of drug-likeness (QED) is 0.706. The van der Waals surface area contributed by atoms with Crippen molar-refractivity contribution in [2.45, 2.75) is 6.54 Å². The Bertz CT molecular complexity index is 956. The number of anilines is 1. The smallest absolute Gasteiger partial charge is 0.250 e. The third kappa shape index (κ3) is 3.64. The van der Waals surface area contributed by atoms with Crippen molar-refractivity contribution in [1.82, 2.24) is 25.1 Å². The lowest BCUT2D eigenvalue weighted by Crippen LogP contribution is -2.47. The van der Waals surface area contributed by atoms with E-state index in [-0.39, 0.29) is 5.82 Å². The Hall–Kier alpha value is -3.31. The van der Waals surface area contributed by atoms with Gasteiger partial charge in [-0.2, -0.15) is 9.94 Å². The Morgan fingerprint density at radius 2 is 1.81 bits per heavy atom. The fourth-order valence-electron chi connectivity index (χ4n) is 3.23. The lowest BCUT2D eigenvalue weighted by atomic mass is 10.1. The first kappa shape index (κ1) is 17.1. The molecule has 0 saturated carbocycles. The van der Waals surface area contributed by atoms with Crippen LogP contribution in [0.25, 0.3) is 5.69 Å². The van der Waals surface area contributed by atoms with Crippen molar-refractivity contribution >= 4 is 5.95 Å². The number of nitriles is 1. The van der Waals surface area contributed by atoms with Crippen molar-refractivity contribution in [2.24, 2.45) is 0 Å². The molecule has 0 atom stereocenters. The van der Waals surface area contributed by atoms with Gasteiger partial charge in [0.2, 0.25) is 5.95 Å². The van der Waals surface area contributed by atoms with Gasteiger partial charge in [-0.25, -0.2) is 4.39 Å². The number of piperazine rings is 1. The maximum atomic E-state index is 14.0. The summed E-state index contributed by atoms with van der Waals surface area (Å²) >= 11 is 0. The number of tetrazole rings is 1. The zero-order valence-corrected chi connectivity index (χ0v) is 14.7. The molecule has 0 aliphatic carbocycles. The Labute approximate surface area is 156 Å². The van der Waals surface area contributed by atoms with E-state index in [1.165, 1.54) is 12.1 Å². The van der Waals surface area contributed by atoms with Gasteiger partial charge in [-0.1, -0.05) is 23.3 Å². The Morgan fingerprint density at radius 3 is 2.56 bits per heavy atom. The van der Waals surface area contributed by atoms with Crippen LogP contribution in [0.1, 0.15) is 11.1 Å². The maximum Gasteiger partial charge on any atom is 0.250 e. The van der Waals surface area contributed by atoms with Crippen molar-refractivity contribution in [3.63, 3.8) is 0 Å². The number of hydrogen-bond donors (Lipinski definition) is 0. The van der Waals surface area contributed by atoms with Gasteiger partial charge in [0.25, 0.3) is 0 Å². The molecule has 1 aliphatic rings. The molecule has 136 valence electrons. The summed E-state index contributed by atoms with van der Waals surface area (Å²) in [5.74, 6) is 0.433. The molecule has 2 heterocycles. The number of benzene rings is 2. The van der Waals surface area contributed by atoms with Gasteiger partial charge in [-0.15, -0.1) is 0 Å². The number of rotatable bonds is 4. The largest absolute Gasteiger partial charge is 0.337 e. The number of hydrogen-bond acceptors (Lipinski definition) is 6. The second-order valence-electron chi connectivity index (χ2n) is 6.41. The summed E-state index contributed by atoms with van der Waals surface area (Å²) in [4.78, 5) is 4.30. The highest BCUT2D eigenvalue weighted by Gasteiger charge is 2.23. The van der Waals surface area contributed by atoms with E-state index < -0.39 is 0 Å². The summed E-state index contributed by atoms with van der Waals surface area (Å²) in [5.41, 5.74) is 1.94. The molecule has 27 heavy (non-hydrogen) atoms. The highest BCUT2D eigenvalue weighted by atomic mass is 19.1. The molecule has 3 aromatic rings. The lowest BCUT2D eigenvalue weighted by molar-refractivity contribution is 0.245. The summed E-state index contributed by atoms with van der Waals surface area (Å²) in [6.07, 6.45) is 0. The molecule has 0 radical (unpaired) electrons. The molecule has 0 N–H and O–H groups in total. The Morgan fingerprint density at radius 1 is 1.04 bits per heavy atom. The van der Waals surface area contributed by atoms with Crippen LogP contribution in [0.15, 0.2) is 48.5 Å². The molecule has 1 aromatic heterocycles. The zero-order chi connectivity index (χ0) is 18.6. The first-order valence-corrected chi connectivity index (χ1v) is 8.74. The van der Waals surface area contributed by atoms with E-state index in [0.29, 0.717) is 23.6 Å². The summed E-state index contributed by atoms with van der Waals surface area (Å²) in [6.45, 7) is 3.49. The predicted molar refractivity (Wildman–Crippen MR) is 97.8 cm³/mol. The van der Waals surface area contributed by atoms with Crippen molar-refractivity contribution in [2.75, 3.05) is 31.1 Å². The second kappa shape index (κ2) is 7.51. The molecular weight excluding hydrogens is 345 g/mol. The lowest BCUT2D eigenvalue weighted by Gasteiger charge is -2.34. The van der Waals surface area contributed by atoms with Crippen LogP contribution in [0.5, 0.6) is 0 Å². The number of halogens is 1. The zero-order valence-electron chi connectivity index (χ0n) is 14.7. The average Bonchev–Trinajstić information content (AvgIpc) is 3.21. The minimum Gasteiger partial charge on any atom is -0.337 e. The number of nitrogens with zero attached hydrogens (tertiary/aromatic N) is 7. The molecule has 1 fully saturated rings. The summed E-state index contributed by atoms with van der Waals surface area (Å²) in [7, 11) is 0. The van der Waals surface area contributed by atoms with Gasteiger partial charge in [-0.05, 0) is 40.8 Å². The van der Waals surface area contributed by atoms with E-state index in [2.05, 4.69) is 31.4 Å². The highest BCUT2D eigenvalue weighted by Crippen LogP contribution is 2.19. The van der Waals surface area contributed by atoms with Crippen molar-refractivity contribution in [1.29, 1.82) is 5.26 Å². The summed E-state index contributed by atoms with van der Waals surface area (Å²) in [6, 6.07) is 16.3. The van der Waals surface area contributed by atoms with E-state index >= 15 is 0 Å². The Kier molecular flexibility index (Phi) is 4.77. The van der Waals surface area contributed by atoms with Crippen LogP contribution in [0, 0.1) is 17.1 Å². The van der Waals surface area contributed by atoms with E-state index in [1.807, 2.05) is 30.3 Å². The summed E-state index contributed by atoms with van der Waals surface area (Å²) < 4.78 is 15.8. The van der Waals surface area contributed by atoms with Crippen LogP contribution in [-0.4, -0.2) is 51.3 Å². The van der Waals surface area contributed by atoms with Gasteiger partial charge < -0.3 is 4.90 Å². The van der Waals surface area contributed by atoms with Gasteiger partial charge >= 0.3 is 0 Å². The topological polar surface area (TPSA) is 73.9 Å². The third-order valence-corrected chi connectivity index (χ3v) is 4.68. The van der Waals surface area contributed by atoms with Crippen LogP contribution in [-0.2, 0) is 6.54 Å². The van der Waals surface area contributed by atoms with Gasteiger partial charge in [0, 0.05) is 38.3 Å². The molecule has 4 rings (SSSR count). The van der Waals surface area contributed by atoms with Crippen molar-refractivity contribution in [3.8, 4) is 11.8 Å². The van der Waals surface area contributed by atoms with Crippen LogP contribution in [0.2, 0.25) is 0 Å². The van der Waals surface area contributed by atoms with E-state index in [9.17, 15) is 4.39 Å². The molecule has 1 aliphatic heterocycles. The predicted octanol–water partition coefficient (Wildman–Crippen LogP) is 2.00. The SMILES string of the molecule is N#Cc1ccc(F)c(CN2CCN(c3nnnn3-c3ccccc3)CC2)c1. The minimum atomic E-state index is -0.274. The van der Waals surface area contributed by atoms with Gasteiger partial charge in [0.1, 0.15) is 5.82 Å². The molecule has 0 spiro atoms. The van der Waals surface area contributed by atoms with E-state index in [1.54, 1.807) is 10.7 Å². The standard InChI is InChI=1S/C19H18FN7/c20-18-7-6-15(13-21)12-16(18)14-25-8-10-26(11-9-25)19-22-23-24-27(19)17-4-2-1-3-5-17/h1-7,12H,8-11,14H2. The van der Waals surface area contributed by atoms with Crippen LogP contribution < -0.4 is 4.90 Å². The molecular formula is C19H18FN7. The normalized spacial score (nSPS) is 14.9. The number of aromatic nitrogens is 4. The fraction of sp³-hybridized carbons (Fsp3) is 0.263. The van der Waals surface area contributed by atoms with Crippen molar-refractivity contribution in [3.05, 3.63) is 65.5 Å². The Balaban J connectivity index is 1.43. The molecule has 1 saturated heterocycles. The average molecular weight is 363 g/mol. The van der Waals surface area contributed by atoms with E-state index in [0.717, 1.165) is 31.9 Å². The third-order valence-electron chi connectivity index (χ3n) is 4.68. The molecule has 8 heteroatoms. The summed E-state index contributed by atoms with van der Waals surface area (Å²) in [5, 5.41) is 21.1. The van der Waals surface area contributed by atoms with Crippen molar-refractivity contribution < 1.29 is 4.39 Å². The van der Waals surface area contributed by atoms with E-state index in [4.69, 9.17) is 5.26 Å². The van der Waals surface area contributed by atoms with Gasteiger partial charge in [0.15, 0.2) is 0 Å². The first-order valence-electron chi connectivity index (χ1n) is 8.74. The minimum absolute atomic E-state index is 0.274. The van der Waals surface area contributed by atoms with Gasteiger partial charge in [-0.3, -0.25) is 4.90 Å². The van der Waals surface area contributed by atoms with Crippen LogP contribution >= 0.6 is 0 Å². The van der Waals surface area contributed by atoms with Crippen LogP contribution in [0.4, 0.5) is 10.3 Å². The molecule has 0 amide bonds. The first-order chi connectivity index (χ1) is 13.2. The second-order valence-corrected chi connectivity index (χ2v) is 6.41. The van der Waals surface area contributed by atoms with Crippen LogP contribution in [0.3, 0.4) is 0 Å². The molecule has 0 unspecified atom stereocenters. The highest BCUT2D eigenvalue weighted by molar-refractivity contribution is 5.41. The van der Waals surface area contributed by atoms with Gasteiger partial charge in [0.05, 0.1) is 17.3 Å². The maximum absolute atomic E-state index is 14.0. The fourth-order valence-corrected chi connectivity index (χ4v) is 3.23.